The smallest absolute Gasteiger partial charge is 0.181 e. The maximum Gasteiger partial charge on any atom is 0.181 e. The van der Waals surface area contributed by atoms with E-state index >= 15 is 0 Å². The first-order chi connectivity index (χ1) is 18.9. The lowest BCUT2D eigenvalue weighted by molar-refractivity contribution is 1.18. The summed E-state index contributed by atoms with van der Waals surface area (Å²) in [7, 11) is -2.75. The monoisotopic (exact) mass is 502 g/mol. The number of hydrogen-bond donors (Lipinski definition) is 0. The largest absolute Gasteiger partial charge is 0.309 e. The van der Waals surface area contributed by atoms with Crippen molar-refractivity contribution in [2.45, 2.75) is 0 Å². The number of nitrogens with zero attached hydrogens (tertiary/aromatic N) is 2. The number of hydrogen-bond acceptors (Lipinski definition) is 1. The van der Waals surface area contributed by atoms with Crippen molar-refractivity contribution in [1.29, 1.82) is 0 Å². The third kappa shape index (κ3) is 3.36. The standard InChI is InChI=1S/C35H26N2Si/c1-4-13-27(14-5-1)37-33-21-11-10-19-31(33)32-20-12-22-34(35(32)37)38(28-15-6-2-7-16-28,29-17-8-3-9-18-29)30-23-25-36-26-24-30/h1-26H. The van der Waals surface area contributed by atoms with Crippen LogP contribution in [-0.2, 0) is 0 Å². The summed E-state index contributed by atoms with van der Waals surface area (Å²) < 4.78 is 2.47. The van der Waals surface area contributed by atoms with Gasteiger partial charge in [0, 0.05) is 28.9 Å². The number of para-hydroxylation sites is 3. The second kappa shape index (κ2) is 9.29. The van der Waals surface area contributed by atoms with Crippen molar-refractivity contribution in [2.24, 2.45) is 0 Å². The highest BCUT2D eigenvalue weighted by atomic mass is 28.3. The van der Waals surface area contributed by atoms with Crippen LogP contribution in [0.4, 0.5) is 0 Å². The molecule has 7 aromatic rings. The molecule has 0 aliphatic heterocycles. The molecule has 5 aromatic carbocycles. The minimum Gasteiger partial charge on any atom is -0.309 e. The Morgan fingerprint density at radius 1 is 0.447 bits per heavy atom. The molecule has 0 spiro atoms. The number of pyridine rings is 1. The van der Waals surface area contributed by atoms with Crippen molar-refractivity contribution in [1.82, 2.24) is 9.55 Å². The van der Waals surface area contributed by atoms with E-state index in [0.29, 0.717) is 0 Å². The number of aromatic nitrogens is 2. The van der Waals surface area contributed by atoms with Crippen molar-refractivity contribution < 1.29 is 0 Å². The van der Waals surface area contributed by atoms with E-state index in [1.807, 2.05) is 12.4 Å². The van der Waals surface area contributed by atoms with E-state index in [1.165, 1.54) is 48.2 Å². The Bertz CT molecular complexity index is 1750. The molecule has 0 saturated carbocycles. The lowest BCUT2D eigenvalue weighted by Crippen LogP contribution is -2.75. The van der Waals surface area contributed by atoms with Crippen LogP contribution in [0.15, 0.2) is 158 Å². The zero-order chi connectivity index (χ0) is 25.4. The first-order valence-electron chi connectivity index (χ1n) is 13.0. The molecule has 0 saturated heterocycles. The third-order valence-corrected chi connectivity index (χ3v) is 12.4. The molecule has 0 radical (unpaired) electrons. The normalized spacial score (nSPS) is 11.7. The van der Waals surface area contributed by atoms with Gasteiger partial charge in [0.15, 0.2) is 8.07 Å². The molecule has 7 rings (SSSR count). The van der Waals surface area contributed by atoms with Crippen LogP contribution in [0.1, 0.15) is 0 Å². The molecule has 0 aliphatic rings. The Morgan fingerprint density at radius 3 is 1.63 bits per heavy atom. The number of rotatable bonds is 5. The first-order valence-corrected chi connectivity index (χ1v) is 15.0. The van der Waals surface area contributed by atoms with E-state index in [9.17, 15) is 0 Å². The lowest BCUT2D eigenvalue weighted by Gasteiger charge is -2.35. The molecule has 38 heavy (non-hydrogen) atoms. The topological polar surface area (TPSA) is 17.8 Å². The van der Waals surface area contributed by atoms with Crippen LogP contribution in [0, 0.1) is 0 Å². The molecular formula is C35H26N2Si. The van der Waals surface area contributed by atoms with E-state index in [-0.39, 0.29) is 0 Å². The summed E-state index contributed by atoms with van der Waals surface area (Å²) in [6.07, 6.45) is 3.88. The van der Waals surface area contributed by atoms with Crippen LogP contribution >= 0.6 is 0 Å². The zero-order valence-electron chi connectivity index (χ0n) is 20.9. The van der Waals surface area contributed by atoms with Gasteiger partial charge in [-0.1, -0.05) is 115 Å². The molecule has 2 heterocycles. The van der Waals surface area contributed by atoms with Crippen LogP contribution in [0.25, 0.3) is 27.5 Å². The van der Waals surface area contributed by atoms with Gasteiger partial charge in [0.2, 0.25) is 0 Å². The second-order valence-electron chi connectivity index (χ2n) is 9.61. The molecule has 0 N–H and O–H groups in total. The summed E-state index contributed by atoms with van der Waals surface area (Å²) in [5.41, 5.74) is 3.67. The summed E-state index contributed by atoms with van der Waals surface area (Å²) in [5.74, 6) is 0. The molecular weight excluding hydrogens is 476 g/mol. The fraction of sp³-hybridized carbons (Fsp3) is 0. The summed E-state index contributed by atoms with van der Waals surface area (Å²) in [6.45, 7) is 0. The zero-order valence-corrected chi connectivity index (χ0v) is 21.9. The SMILES string of the molecule is c1ccc(-n2c3ccccc3c3cccc([Si](c4ccccc4)(c4ccccc4)c4ccncc4)c32)cc1. The van der Waals surface area contributed by atoms with Crippen molar-refractivity contribution in [3.63, 3.8) is 0 Å². The van der Waals surface area contributed by atoms with E-state index in [1.54, 1.807) is 0 Å². The predicted molar refractivity (Wildman–Crippen MR) is 162 cm³/mol. The van der Waals surface area contributed by atoms with E-state index < -0.39 is 8.07 Å². The van der Waals surface area contributed by atoms with Gasteiger partial charge in [-0.25, -0.2) is 0 Å². The van der Waals surface area contributed by atoms with Gasteiger partial charge in [-0.2, -0.15) is 0 Å². The van der Waals surface area contributed by atoms with E-state index in [0.717, 1.165) is 0 Å². The van der Waals surface area contributed by atoms with Gasteiger partial charge in [-0.05, 0) is 51.1 Å². The van der Waals surface area contributed by atoms with Gasteiger partial charge in [-0.15, -0.1) is 0 Å². The highest BCUT2D eigenvalue weighted by Crippen LogP contribution is 2.32. The van der Waals surface area contributed by atoms with E-state index in [2.05, 4.69) is 155 Å². The molecule has 2 nitrogen and oxygen atoms in total. The maximum atomic E-state index is 4.42. The Hall–Kier alpha value is -4.73. The average Bonchev–Trinajstić information content (AvgIpc) is 3.35. The maximum absolute atomic E-state index is 4.42. The van der Waals surface area contributed by atoms with Crippen molar-refractivity contribution >= 4 is 50.6 Å². The van der Waals surface area contributed by atoms with Gasteiger partial charge in [0.05, 0.1) is 11.0 Å². The van der Waals surface area contributed by atoms with E-state index in [4.69, 9.17) is 0 Å². The van der Waals surface area contributed by atoms with Gasteiger partial charge < -0.3 is 4.57 Å². The molecule has 0 atom stereocenters. The van der Waals surface area contributed by atoms with Crippen LogP contribution < -0.4 is 20.7 Å². The molecule has 3 heteroatoms. The van der Waals surface area contributed by atoms with Crippen LogP contribution in [-0.4, -0.2) is 17.6 Å². The first kappa shape index (κ1) is 22.5. The van der Waals surface area contributed by atoms with Crippen LogP contribution in [0.2, 0.25) is 0 Å². The van der Waals surface area contributed by atoms with Crippen molar-refractivity contribution in [3.8, 4) is 5.69 Å². The molecule has 0 unspecified atom stereocenters. The molecule has 0 amide bonds. The van der Waals surface area contributed by atoms with Crippen molar-refractivity contribution in [3.05, 3.63) is 158 Å². The number of fused-ring (bicyclic) bond motifs is 3. The summed E-state index contributed by atoms with van der Waals surface area (Å²) in [6, 6.07) is 53.1. The highest BCUT2D eigenvalue weighted by Gasteiger charge is 2.43. The van der Waals surface area contributed by atoms with Crippen LogP contribution in [0.3, 0.4) is 0 Å². The summed E-state index contributed by atoms with van der Waals surface area (Å²) in [5, 5.41) is 7.96. The Kier molecular flexibility index (Phi) is 5.49. The second-order valence-corrected chi connectivity index (χ2v) is 13.4. The Balaban J connectivity index is 1.73. The quantitative estimate of drug-likeness (QED) is 0.223. The molecule has 180 valence electrons. The lowest BCUT2D eigenvalue weighted by atomic mass is 10.1. The van der Waals surface area contributed by atoms with Gasteiger partial charge in [0.25, 0.3) is 0 Å². The molecule has 2 aromatic heterocycles. The van der Waals surface area contributed by atoms with Crippen molar-refractivity contribution in [2.75, 3.05) is 0 Å². The fourth-order valence-corrected chi connectivity index (χ4v) is 11.0. The highest BCUT2D eigenvalue weighted by molar-refractivity contribution is 7.20. The van der Waals surface area contributed by atoms with Gasteiger partial charge in [0.1, 0.15) is 0 Å². The van der Waals surface area contributed by atoms with Gasteiger partial charge >= 0.3 is 0 Å². The molecule has 0 aliphatic carbocycles. The minimum atomic E-state index is -2.75. The van der Waals surface area contributed by atoms with Crippen LogP contribution in [0.5, 0.6) is 0 Å². The van der Waals surface area contributed by atoms with Gasteiger partial charge in [-0.3, -0.25) is 4.98 Å². The third-order valence-electron chi connectivity index (χ3n) is 7.64. The Morgan fingerprint density at radius 2 is 0.974 bits per heavy atom. The number of benzene rings is 5. The summed E-state index contributed by atoms with van der Waals surface area (Å²) >= 11 is 0. The summed E-state index contributed by atoms with van der Waals surface area (Å²) in [4.78, 5) is 4.42. The molecule has 0 bridgehead atoms. The predicted octanol–water partition coefficient (Wildman–Crippen LogP) is 5.56. The average molecular weight is 503 g/mol. The Labute approximate surface area is 223 Å². The fourth-order valence-electron chi connectivity index (χ4n) is 6.11. The molecule has 0 fully saturated rings. The minimum absolute atomic E-state index is 1.17.